The van der Waals surface area contributed by atoms with Crippen LogP contribution in [-0.4, -0.2) is 29.4 Å². The predicted molar refractivity (Wildman–Crippen MR) is 99.3 cm³/mol. The Bertz CT molecular complexity index is 1170. The molecule has 6 heteroatoms. The Morgan fingerprint density at radius 2 is 1.58 bits per heavy atom. The molecule has 0 amide bonds. The van der Waals surface area contributed by atoms with Crippen molar-refractivity contribution in [2.45, 2.75) is 12.8 Å². The number of rotatable bonds is 4. The highest BCUT2D eigenvalue weighted by molar-refractivity contribution is 5.89. The molecule has 0 spiro atoms. The fourth-order valence-electron chi connectivity index (χ4n) is 3.13. The van der Waals surface area contributed by atoms with Crippen molar-refractivity contribution in [2.75, 3.05) is 0 Å². The average molecular weight is 340 g/mol. The first-order valence-corrected chi connectivity index (χ1v) is 8.56. The fourth-order valence-corrected chi connectivity index (χ4v) is 3.13. The summed E-state index contributed by atoms with van der Waals surface area (Å²) in [4.78, 5) is 9.26. The van der Waals surface area contributed by atoms with Crippen LogP contribution in [0.1, 0.15) is 11.4 Å². The molecular weight excluding hydrogens is 324 g/mol. The number of hydrogen-bond acceptors (Lipinski definition) is 4. The number of nitrogens with zero attached hydrogens (tertiary/aromatic N) is 6. The summed E-state index contributed by atoms with van der Waals surface area (Å²) in [5.41, 5.74) is 3.83. The highest BCUT2D eigenvalue weighted by Gasteiger charge is 2.13. The third-order valence-electron chi connectivity index (χ3n) is 4.43. The van der Waals surface area contributed by atoms with Crippen LogP contribution in [0.2, 0.25) is 0 Å². The molecule has 0 aliphatic rings. The molecule has 3 heterocycles. The molecular formula is C20H16N6. The monoisotopic (exact) mass is 340 g/mol. The number of aromatic nitrogens is 6. The number of benzene rings is 2. The lowest BCUT2D eigenvalue weighted by Gasteiger charge is -2.01. The Morgan fingerprint density at radius 1 is 0.808 bits per heavy atom. The van der Waals surface area contributed by atoms with Crippen LogP contribution in [0.25, 0.3) is 22.4 Å². The van der Waals surface area contributed by atoms with Crippen LogP contribution in [0.3, 0.4) is 0 Å². The summed E-state index contributed by atoms with van der Waals surface area (Å²) in [7, 11) is 0. The molecule has 2 aromatic carbocycles. The van der Waals surface area contributed by atoms with Gasteiger partial charge in [0.05, 0.1) is 17.3 Å². The molecule has 0 radical (unpaired) electrons. The largest absolute Gasteiger partial charge is 0.216 e. The highest BCUT2D eigenvalue weighted by atomic mass is 15.3. The van der Waals surface area contributed by atoms with Gasteiger partial charge in [-0.25, -0.2) is 19.2 Å². The molecule has 0 saturated carbocycles. The maximum absolute atomic E-state index is 4.72. The van der Waals surface area contributed by atoms with Gasteiger partial charge in [-0.05, 0) is 24.1 Å². The summed E-state index contributed by atoms with van der Waals surface area (Å²) < 4.78 is 3.56. The number of aryl methyl sites for hydroxylation is 2. The van der Waals surface area contributed by atoms with Gasteiger partial charge < -0.3 is 0 Å². The van der Waals surface area contributed by atoms with Gasteiger partial charge in [0.2, 0.25) is 0 Å². The number of para-hydroxylation sites is 1. The number of hydrogen-bond donors (Lipinski definition) is 0. The lowest BCUT2D eigenvalue weighted by atomic mass is 10.1. The topological polar surface area (TPSA) is 60.9 Å². The van der Waals surface area contributed by atoms with E-state index in [9.17, 15) is 0 Å². The van der Waals surface area contributed by atoms with E-state index < -0.39 is 0 Å². The number of fused-ring (bicyclic) bond motifs is 3. The van der Waals surface area contributed by atoms with Gasteiger partial charge in [0.15, 0.2) is 17.1 Å². The smallest absolute Gasteiger partial charge is 0.170 e. The molecule has 0 N–H and O–H groups in total. The SMILES string of the molecule is c1ccc(CCc2nc3c4cnn(-c5ccccc5)c4ncn3n2)cc1. The summed E-state index contributed by atoms with van der Waals surface area (Å²) in [6.07, 6.45) is 5.22. The van der Waals surface area contributed by atoms with E-state index >= 15 is 0 Å². The van der Waals surface area contributed by atoms with Gasteiger partial charge in [-0.1, -0.05) is 48.5 Å². The molecule has 0 atom stereocenters. The second-order valence-corrected chi connectivity index (χ2v) is 6.16. The van der Waals surface area contributed by atoms with Crippen LogP contribution in [0, 0.1) is 0 Å². The summed E-state index contributed by atoms with van der Waals surface area (Å²) in [5.74, 6) is 0.815. The van der Waals surface area contributed by atoms with Crippen molar-refractivity contribution in [3.05, 3.63) is 84.6 Å². The van der Waals surface area contributed by atoms with Crippen LogP contribution in [-0.2, 0) is 12.8 Å². The zero-order valence-electron chi connectivity index (χ0n) is 14.0. The van der Waals surface area contributed by atoms with E-state index in [-0.39, 0.29) is 0 Å². The van der Waals surface area contributed by atoms with Gasteiger partial charge in [-0.3, -0.25) is 0 Å². The summed E-state index contributed by atoms with van der Waals surface area (Å²) in [5, 5.41) is 9.96. The molecule has 26 heavy (non-hydrogen) atoms. The first kappa shape index (κ1) is 14.8. The van der Waals surface area contributed by atoms with Crippen molar-refractivity contribution >= 4 is 16.7 Å². The van der Waals surface area contributed by atoms with E-state index in [1.165, 1.54) is 5.56 Å². The molecule has 0 fully saturated rings. The maximum Gasteiger partial charge on any atom is 0.170 e. The summed E-state index contributed by atoms with van der Waals surface area (Å²) >= 11 is 0. The third-order valence-corrected chi connectivity index (χ3v) is 4.43. The highest BCUT2D eigenvalue weighted by Crippen LogP contribution is 2.19. The van der Waals surface area contributed by atoms with Gasteiger partial charge in [-0.15, -0.1) is 5.10 Å². The Hall–Kier alpha value is -3.54. The second kappa shape index (κ2) is 6.07. The minimum absolute atomic E-state index is 0.783. The molecule has 0 aliphatic carbocycles. The lowest BCUT2D eigenvalue weighted by molar-refractivity contribution is 0.826. The molecule has 0 unspecified atom stereocenters. The summed E-state index contributed by atoms with van der Waals surface area (Å²) in [6.45, 7) is 0. The van der Waals surface area contributed by atoms with E-state index in [4.69, 9.17) is 4.98 Å². The van der Waals surface area contributed by atoms with E-state index in [1.807, 2.05) is 41.1 Å². The lowest BCUT2D eigenvalue weighted by Crippen LogP contribution is -1.98. The van der Waals surface area contributed by atoms with Crippen LogP contribution >= 0.6 is 0 Å². The zero-order chi connectivity index (χ0) is 17.3. The van der Waals surface area contributed by atoms with Gasteiger partial charge in [0.1, 0.15) is 6.33 Å². The normalized spacial score (nSPS) is 11.4. The van der Waals surface area contributed by atoms with Crippen molar-refractivity contribution in [3.63, 3.8) is 0 Å². The molecule has 126 valence electrons. The van der Waals surface area contributed by atoms with Crippen molar-refractivity contribution in [1.82, 2.24) is 29.4 Å². The van der Waals surface area contributed by atoms with Gasteiger partial charge in [0, 0.05) is 6.42 Å². The van der Waals surface area contributed by atoms with Crippen LogP contribution in [0.15, 0.2) is 73.2 Å². The Morgan fingerprint density at radius 3 is 2.38 bits per heavy atom. The van der Waals surface area contributed by atoms with Crippen LogP contribution in [0.5, 0.6) is 0 Å². The summed E-state index contributed by atoms with van der Waals surface area (Å²) in [6, 6.07) is 20.4. The van der Waals surface area contributed by atoms with E-state index in [2.05, 4.69) is 39.4 Å². The van der Waals surface area contributed by atoms with E-state index in [0.717, 1.165) is 41.0 Å². The van der Waals surface area contributed by atoms with Gasteiger partial charge in [-0.2, -0.15) is 5.10 Å². The van der Waals surface area contributed by atoms with Crippen molar-refractivity contribution in [2.24, 2.45) is 0 Å². The molecule has 5 rings (SSSR count). The molecule has 0 saturated heterocycles. The van der Waals surface area contributed by atoms with Gasteiger partial charge in [0.25, 0.3) is 0 Å². The Balaban J connectivity index is 1.52. The van der Waals surface area contributed by atoms with Crippen LogP contribution in [0.4, 0.5) is 0 Å². The van der Waals surface area contributed by atoms with E-state index in [0.29, 0.717) is 0 Å². The molecule has 0 bridgehead atoms. The quantitative estimate of drug-likeness (QED) is 0.504. The zero-order valence-corrected chi connectivity index (χ0v) is 14.0. The van der Waals surface area contributed by atoms with Crippen LogP contribution < -0.4 is 0 Å². The molecule has 5 aromatic rings. The van der Waals surface area contributed by atoms with Gasteiger partial charge >= 0.3 is 0 Å². The first-order valence-electron chi connectivity index (χ1n) is 8.56. The van der Waals surface area contributed by atoms with Crippen molar-refractivity contribution < 1.29 is 0 Å². The minimum Gasteiger partial charge on any atom is -0.216 e. The molecule has 3 aromatic heterocycles. The standard InChI is InChI=1S/C20H16N6/c1-3-7-15(8-4-1)11-12-18-23-20-17-13-22-26(16-9-5-2-6-10-16)19(17)21-14-25(20)24-18/h1-10,13-14H,11-12H2. The predicted octanol–water partition coefficient (Wildman–Crippen LogP) is 3.25. The van der Waals surface area contributed by atoms with E-state index in [1.54, 1.807) is 17.0 Å². The second-order valence-electron chi connectivity index (χ2n) is 6.16. The molecule has 6 nitrogen and oxygen atoms in total. The Labute approximate surface area is 149 Å². The average Bonchev–Trinajstić information content (AvgIpc) is 3.31. The van der Waals surface area contributed by atoms with Crippen molar-refractivity contribution in [3.8, 4) is 5.69 Å². The molecule has 0 aliphatic heterocycles. The maximum atomic E-state index is 4.72. The third kappa shape index (κ3) is 2.52. The fraction of sp³-hybridized carbons (Fsp3) is 0.100. The Kier molecular flexibility index (Phi) is 3.45. The first-order chi connectivity index (χ1) is 12.9. The minimum atomic E-state index is 0.783. The van der Waals surface area contributed by atoms with Crippen molar-refractivity contribution in [1.29, 1.82) is 0 Å².